The summed E-state index contributed by atoms with van der Waals surface area (Å²) in [5.41, 5.74) is 0.921. The van der Waals surface area contributed by atoms with Gasteiger partial charge in [0.2, 0.25) is 18.6 Å². The molecule has 1 aromatic carbocycles. The van der Waals surface area contributed by atoms with E-state index < -0.39 is 0 Å². The number of morpholine rings is 1. The number of ether oxygens (including phenoxy) is 3. The van der Waals surface area contributed by atoms with Gasteiger partial charge in [-0.25, -0.2) is 0 Å². The lowest BCUT2D eigenvalue weighted by atomic mass is 10.1. The molecule has 184 valence electrons. The van der Waals surface area contributed by atoms with E-state index in [2.05, 4.69) is 4.90 Å². The van der Waals surface area contributed by atoms with Gasteiger partial charge in [0.05, 0.1) is 32.6 Å². The lowest BCUT2D eigenvalue weighted by Crippen LogP contribution is -2.44. The molecule has 1 aromatic heterocycles. The normalized spacial score (nSPS) is 15.3. The zero-order chi connectivity index (χ0) is 23.8. The number of benzene rings is 1. The van der Waals surface area contributed by atoms with Crippen molar-refractivity contribution in [2.45, 2.75) is 32.9 Å². The van der Waals surface area contributed by atoms with Gasteiger partial charge < -0.3 is 28.4 Å². The zero-order valence-electron chi connectivity index (χ0n) is 19.7. The third-order valence-corrected chi connectivity index (χ3v) is 6.08. The predicted molar refractivity (Wildman–Crippen MR) is 124 cm³/mol. The lowest BCUT2D eigenvalue weighted by molar-refractivity contribution is -0.141. The largest absolute Gasteiger partial charge is 0.467 e. The Morgan fingerprint density at radius 2 is 1.82 bits per heavy atom. The van der Waals surface area contributed by atoms with Gasteiger partial charge in [0.15, 0.2) is 11.5 Å². The monoisotopic (exact) mass is 471 g/mol. The fourth-order valence-electron chi connectivity index (χ4n) is 4.17. The molecule has 0 N–H and O–H groups in total. The topological polar surface area (TPSA) is 84.7 Å². The minimum atomic E-state index is -0.123. The number of furan rings is 1. The Morgan fingerprint density at radius 3 is 2.59 bits per heavy atom. The van der Waals surface area contributed by atoms with Crippen LogP contribution >= 0.6 is 0 Å². The first-order chi connectivity index (χ1) is 16.6. The second-order valence-corrected chi connectivity index (χ2v) is 8.49. The van der Waals surface area contributed by atoms with Crippen LogP contribution in [-0.4, -0.2) is 79.2 Å². The second kappa shape index (κ2) is 11.9. The number of hydrogen-bond donors (Lipinski definition) is 0. The van der Waals surface area contributed by atoms with E-state index in [1.807, 2.05) is 31.2 Å². The molecule has 2 aromatic rings. The molecule has 1 fully saturated rings. The van der Waals surface area contributed by atoms with Gasteiger partial charge in [-0.2, -0.15) is 0 Å². The van der Waals surface area contributed by atoms with Gasteiger partial charge in [-0.15, -0.1) is 0 Å². The van der Waals surface area contributed by atoms with Crippen LogP contribution in [0.5, 0.6) is 11.5 Å². The lowest BCUT2D eigenvalue weighted by Gasteiger charge is -2.29. The van der Waals surface area contributed by atoms with E-state index in [1.54, 1.807) is 22.1 Å². The zero-order valence-corrected chi connectivity index (χ0v) is 19.7. The maximum Gasteiger partial charge on any atom is 0.242 e. The van der Waals surface area contributed by atoms with Crippen LogP contribution in [0.1, 0.15) is 31.1 Å². The molecule has 9 nitrogen and oxygen atoms in total. The number of carbonyl (C=O) groups is 2. The molecule has 0 unspecified atom stereocenters. The average molecular weight is 472 g/mol. The van der Waals surface area contributed by atoms with Crippen LogP contribution in [0.3, 0.4) is 0 Å². The first-order valence-corrected chi connectivity index (χ1v) is 11.9. The Labute approximate surface area is 200 Å². The highest BCUT2D eigenvalue weighted by Crippen LogP contribution is 2.33. The summed E-state index contributed by atoms with van der Waals surface area (Å²) in [5.74, 6) is 1.93. The number of amides is 2. The van der Waals surface area contributed by atoms with Crippen LogP contribution in [0.25, 0.3) is 0 Å². The predicted octanol–water partition coefficient (Wildman–Crippen LogP) is 2.50. The fraction of sp³-hybridized carbons (Fsp3) is 0.520. The summed E-state index contributed by atoms with van der Waals surface area (Å²) in [7, 11) is 0. The van der Waals surface area contributed by atoms with Crippen molar-refractivity contribution < 1.29 is 28.2 Å². The van der Waals surface area contributed by atoms with Crippen molar-refractivity contribution in [3.63, 3.8) is 0 Å². The van der Waals surface area contributed by atoms with Crippen molar-refractivity contribution in [1.29, 1.82) is 0 Å². The van der Waals surface area contributed by atoms with E-state index >= 15 is 0 Å². The van der Waals surface area contributed by atoms with E-state index in [-0.39, 0.29) is 25.2 Å². The molecule has 2 amide bonds. The van der Waals surface area contributed by atoms with Crippen LogP contribution in [0.4, 0.5) is 0 Å². The molecule has 3 heterocycles. The summed E-state index contributed by atoms with van der Waals surface area (Å²) in [6.07, 6.45) is 2.78. The van der Waals surface area contributed by atoms with Gasteiger partial charge in [0.25, 0.3) is 0 Å². The molecule has 4 rings (SSSR count). The van der Waals surface area contributed by atoms with Gasteiger partial charge in [-0.3, -0.25) is 14.5 Å². The van der Waals surface area contributed by atoms with E-state index in [4.69, 9.17) is 18.6 Å². The SMILES string of the molecule is CCC(=O)N(CCCN1CCOCC1)CC(=O)N(Cc1ccc2c(c1)OCO2)Cc1ccco1. The summed E-state index contributed by atoms with van der Waals surface area (Å²) in [5, 5.41) is 0. The molecule has 0 atom stereocenters. The highest BCUT2D eigenvalue weighted by atomic mass is 16.7. The second-order valence-electron chi connectivity index (χ2n) is 8.49. The van der Waals surface area contributed by atoms with Crippen LogP contribution in [-0.2, 0) is 27.4 Å². The molecule has 1 saturated heterocycles. The summed E-state index contributed by atoms with van der Waals surface area (Å²) < 4.78 is 21.8. The smallest absolute Gasteiger partial charge is 0.242 e. The Balaban J connectivity index is 1.40. The van der Waals surface area contributed by atoms with E-state index in [0.717, 1.165) is 44.8 Å². The summed E-state index contributed by atoms with van der Waals surface area (Å²) in [6.45, 7) is 7.52. The van der Waals surface area contributed by atoms with Crippen LogP contribution in [0.15, 0.2) is 41.0 Å². The molecule has 0 bridgehead atoms. The van der Waals surface area contributed by atoms with E-state index in [0.29, 0.717) is 43.3 Å². The molecule has 34 heavy (non-hydrogen) atoms. The summed E-state index contributed by atoms with van der Waals surface area (Å²) in [4.78, 5) is 31.8. The van der Waals surface area contributed by atoms with Gasteiger partial charge in [-0.1, -0.05) is 13.0 Å². The summed E-state index contributed by atoms with van der Waals surface area (Å²) >= 11 is 0. The van der Waals surface area contributed by atoms with Crippen LogP contribution in [0.2, 0.25) is 0 Å². The molecule has 0 saturated carbocycles. The highest BCUT2D eigenvalue weighted by molar-refractivity contribution is 5.84. The van der Waals surface area contributed by atoms with Gasteiger partial charge in [0.1, 0.15) is 5.76 Å². The van der Waals surface area contributed by atoms with Gasteiger partial charge in [0, 0.05) is 39.1 Å². The molecular formula is C25H33N3O6. The van der Waals surface area contributed by atoms with Crippen molar-refractivity contribution in [2.75, 3.05) is 52.7 Å². The van der Waals surface area contributed by atoms with Crippen molar-refractivity contribution in [2.24, 2.45) is 0 Å². The molecule has 2 aliphatic heterocycles. The molecule has 0 spiro atoms. The van der Waals surface area contributed by atoms with Crippen molar-refractivity contribution in [1.82, 2.24) is 14.7 Å². The first kappa shape index (κ1) is 24.1. The van der Waals surface area contributed by atoms with Crippen molar-refractivity contribution in [3.05, 3.63) is 47.9 Å². The highest BCUT2D eigenvalue weighted by Gasteiger charge is 2.23. The maximum absolute atomic E-state index is 13.4. The Hall–Kier alpha value is -3.04. The van der Waals surface area contributed by atoms with Crippen LogP contribution in [0, 0.1) is 0 Å². The molecule has 2 aliphatic rings. The Morgan fingerprint density at radius 1 is 1.00 bits per heavy atom. The maximum atomic E-state index is 13.4. The number of hydrogen-bond acceptors (Lipinski definition) is 7. The Kier molecular flexibility index (Phi) is 8.43. The van der Waals surface area contributed by atoms with Gasteiger partial charge in [-0.05, 0) is 36.2 Å². The quantitative estimate of drug-likeness (QED) is 0.498. The fourth-order valence-corrected chi connectivity index (χ4v) is 4.17. The summed E-state index contributed by atoms with van der Waals surface area (Å²) in [6, 6.07) is 9.31. The first-order valence-electron chi connectivity index (χ1n) is 11.9. The molecule has 9 heteroatoms. The standard InChI is InChI=1S/C25H33N3O6/c1-2-24(29)27(9-4-8-26-10-13-31-14-11-26)18-25(30)28(17-21-5-3-12-32-21)16-20-6-7-22-23(15-20)34-19-33-22/h3,5-7,12,15H,2,4,8-11,13-14,16-19H2,1H3. The third kappa shape index (κ3) is 6.51. The van der Waals surface area contributed by atoms with E-state index in [9.17, 15) is 9.59 Å². The number of carbonyl (C=O) groups excluding carboxylic acids is 2. The van der Waals surface area contributed by atoms with Crippen molar-refractivity contribution in [3.8, 4) is 11.5 Å². The van der Waals surface area contributed by atoms with Crippen molar-refractivity contribution >= 4 is 11.8 Å². The Bertz CT molecular complexity index is 942. The molecule has 0 radical (unpaired) electrons. The van der Waals surface area contributed by atoms with E-state index in [1.165, 1.54) is 0 Å². The van der Waals surface area contributed by atoms with Crippen LogP contribution < -0.4 is 9.47 Å². The molecular weight excluding hydrogens is 438 g/mol. The number of fused-ring (bicyclic) bond motifs is 1. The molecule has 0 aliphatic carbocycles. The minimum Gasteiger partial charge on any atom is -0.467 e. The average Bonchev–Trinajstić information content (AvgIpc) is 3.55. The third-order valence-electron chi connectivity index (χ3n) is 6.08. The minimum absolute atomic E-state index is 0.0173. The number of rotatable bonds is 11. The number of nitrogens with zero attached hydrogens (tertiary/aromatic N) is 3. The van der Waals surface area contributed by atoms with Gasteiger partial charge >= 0.3 is 0 Å².